The zero-order chi connectivity index (χ0) is 18.6. The van der Waals surface area contributed by atoms with Gasteiger partial charge in [0.15, 0.2) is 6.29 Å². The van der Waals surface area contributed by atoms with Gasteiger partial charge in [0, 0.05) is 12.0 Å². The molecule has 26 heavy (non-hydrogen) atoms. The maximum absolute atomic E-state index is 11.5. The molecule has 0 atom stereocenters. The maximum atomic E-state index is 11.5. The van der Waals surface area contributed by atoms with Gasteiger partial charge < -0.3 is 4.74 Å². The second-order valence-corrected chi connectivity index (χ2v) is 6.48. The van der Waals surface area contributed by atoms with Crippen molar-refractivity contribution in [1.29, 1.82) is 0 Å². The first-order valence-corrected chi connectivity index (χ1v) is 9.53. The van der Waals surface area contributed by atoms with Crippen LogP contribution < -0.4 is 0 Å². The number of aryl methyl sites for hydroxylation is 1. The molecule has 138 valence electrons. The molecule has 2 aromatic rings. The third-order valence-electron chi connectivity index (χ3n) is 4.48. The van der Waals surface area contributed by atoms with E-state index in [9.17, 15) is 9.59 Å². The van der Waals surface area contributed by atoms with Crippen LogP contribution in [0, 0.1) is 0 Å². The number of carbonyl (C=O) groups excluding carboxylic acids is 2. The second-order valence-electron chi connectivity index (χ2n) is 6.48. The van der Waals surface area contributed by atoms with Crippen LogP contribution in [0.4, 0.5) is 0 Å². The zero-order valence-corrected chi connectivity index (χ0v) is 15.6. The number of esters is 1. The van der Waals surface area contributed by atoms with E-state index in [1.165, 1.54) is 5.56 Å². The van der Waals surface area contributed by atoms with Crippen molar-refractivity contribution in [2.45, 2.75) is 51.9 Å². The van der Waals surface area contributed by atoms with E-state index in [0.29, 0.717) is 13.0 Å². The van der Waals surface area contributed by atoms with Crippen molar-refractivity contribution in [3.8, 4) is 11.1 Å². The summed E-state index contributed by atoms with van der Waals surface area (Å²) < 4.78 is 4.92. The Morgan fingerprint density at radius 2 is 1.69 bits per heavy atom. The standard InChI is InChI=1S/C23H28O3/c1-2-26-23(25)14-10-5-3-4-7-11-19-15-16-22(21(17-19)18-24)20-12-8-6-9-13-20/h6,8-9,12-13,15-18H,2-5,7,10-11,14H2,1H3. The number of hydrogen-bond acceptors (Lipinski definition) is 3. The van der Waals surface area contributed by atoms with Gasteiger partial charge in [0.2, 0.25) is 0 Å². The highest BCUT2D eigenvalue weighted by molar-refractivity contribution is 5.87. The van der Waals surface area contributed by atoms with Crippen molar-refractivity contribution in [3.63, 3.8) is 0 Å². The minimum Gasteiger partial charge on any atom is -0.466 e. The fourth-order valence-electron chi connectivity index (χ4n) is 3.11. The molecule has 0 aliphatic rings. The van der Waals surface area contributed by atoms with E-state index in [-0.39, 0.29) is 5.97 Å². The lowest BCUT2D eigenvalue weighted by Gasteiger charge is -2.08. The summed E-state index contributed by atoms with van der Waals surface area (Å²) in [6.45, 7) is 2.30. The first-order valence-electron chi connectivity index (χ1n) is 9.53. The number of ether oxygens (including phenoxy) is 1. The molecule has 0 unspecified atom stereocenters. The van der Waals surface area contributed by atoms with Gasteiger partial charge in [-0.1, -0.05) is 61.7 Å². The molecule has 2 aromatic carbocycles. The highest BCUT2D eigenvalue weighted by Crippen LogP contribution is 2.24. The molecule has 0 heterocycles. The van der Waals surface area contributed by atoms with E-state index in [1.807, 2.05) is 49.4 Å². The Labute approximate surface area is 156 Å². The summed E-state index contributed by atoms with van der Waals surface area (Å²) in [6.07, 6.45) is 7.78. The van der Waals surface area contributed by atoms with E-state index in [0.717, 1.165) is 61.5 Å². The van der Waals surface area contributed by atoms with Gasteiger partial charge in [0.1, 0.15) is 0 Å². The highest BCUT2D eigenvalue weighted by atomic mass is 16.5. The molecule has 0 fully saturated rings. The molecule has 3 heteroatoms. The molecule has 0 radical (unpaired) electrons. The fourth-order valence-corrected chi connectivity index (χ4v) is 3.11. The number of rotatable bonds is 11. The largest absolute Gasteiger partial charge is 0.466 e. The molecular weight excluding hydrogens is 324 g/mol. The first-order chi connectivity index (χ1) is 12.7. The molecule has 3 nitrogen and oxygen atoms in total. The maximum Gasteiger partial charge on any atom is 0.305 e. The molecular formula is C23H28O3. The molecule has 0 N–H and O–H groups in total. The average molecular weight is 352 g/mol. The van der Waals surface area contributed by atoms with Crippen LogP contribution in [-0.2, 0) is 16.0 Å². The third kappa shape index (κ3) is 6.47. The molecule has 0 bridgehead atoms. The summed E-state index contributed by atoms with van der Waals surface area (Å²) in [5.74, 6) is -0.0904. The Hall–Kier alpha value is -2.42. The normalized spacial score (nSPS) is 10.5. The summed E-state index contributed by atoms with van der Waals surface area (Å²) in [7, 11) is 0. The monoisotopic (exact) mass is 352 g/mol. The minimum absolute atomic E-state index is 0.0904. The molecule has 0 aromatic heterocycles. The number of carbonyl (C=O) groups is 2. The van der Waals surface area contributed by atoms with Crippen molar-refractivity contribution >= 4 is 12.3 Å². The third-order valence-corrected chi connectivity index (χ3v) is 4.48. The fraction of sp³-hybridized carbons (Fsp3) is 0.391. The Morgan fingerprint density at radius 3 is 2.42 bits per heavy atom. The smallest absolute Gasteiger partial charge is 0.305 e. The van der Waals surface area contributed by atoms with Crippen molar-refractivity contribution in [1.82, 2.24) is 0 Å². The molecule has 0 saturated heterocycles. The van der Waals surface area contributed by atoms with Gasteiger partial charge in [-0.05, 0) is 48.9 Å². The van der Waals surface area contributed by atoms with Crippen LogP contribution in [0.1, 0.15) is 61.4 Å². The molecule has 0 saturated carbocycles. The number of benzene rings is 2. The van der Waals surface area contributed by atoms with Crippen LogP contribution in [0.3, 0.4) is 0 Å². The Balaban J connectivity index is 1.75. The first kappa shape index (κ1) is 19.9. The minimum atomic E-state index is -0.0904. The van der Waals surface area contributed by atoms with E-state index < -0.39 is 0 Å². The topological polar surface area (TPSA) is 43.4 Å². The van der Waals surface area contributed by atoms with Crippen LogP contribution in [0.2, 0.25) is 0 Å². The predicted molar refractivity (Wildman–Crippen MR) is 105 cm³/mol. The number of aldehydes is 1. The lowest BCUT2D eigenvalue weighted by atomic mass is 9.96. The number of unbranched alkanes of at least 4 members (excludes halogenated alkanes) is 4. The number of hydrogen-bond donors (Lipinski definition) is 0. The molecule has 0 spiro atoms. The summed E-state index contributed by atoms with van der Waals surface area (Å²) in [5, 5.41) is 0. The molecule has 0 amide bonds. The summed E-state index contributed by atoms with van der Waals surface area (Å²) in [4.78, 5) is 22.7. The van der Waals surface area contributed by atoms with Crippen LogP contribution >= 0.6 is 0 Å². The van der Waals surface area contributed by atoms with Gasteiger partial charge in [0.25, 0.3) is 0 Å². The lowest BCUT2D eigenvalue weighted by Crippen LogP contribution is -2.03. The van der Waals surface area contributed by atoms with E-state index in [1.54, 1.807) is 0 Å². The summed E-state index contributed by atoms with van der Waals surface area (Å²) in [5.41, 5.74) is 4.02. The Kier molecular flexibility index (Phi) is 8.61. The van der Waals surface area contributed by atoms with E-state index in [4.69, 9.17) is 4.74 Å². The Bertz CT molecular complexity index is 692. The van der Waals surface area contributed by atoms with Gasteiger partial charge in [-0.15, -0.1) is 0 Å². The van der Waals surface area contributed by atoms with Crippen molar-refractivity contribution in [2.24, 2.45) is 0 Å². The zero-order valence-electron chi connectivity index (χ0n) is 15.6. The van der Waals surface area contributed by atoms with Crippen molar-refractivity contribution in [3.05, 3.63) is 59.7 Å². The van der Waals surface area contributed by atoms with Gasteiger partial charge in [0.05, 0.1) is 6.61 Å². The van der Waals surface area contributed by atoms with Crippen LogP contribution in [0.15, 0.2) is 48.5 Å². The molecule has 0 aliphatic heterocycles. The summed E-state index contributed by atoms with van der Waals surface area (Å²) in [6, 6.07) is 16.2. The van der Waals surface area contributed by atoms with Crippen LogP contribution in [0.25, 0.3) is 11.1 Å². The van der Waals surface area contributed by atoms with E-state index in [2.05, 4.69) is 6.07 Å². The van der Waals surface area contributed by atoms with Gasteiger partial charge in [-0.3, -0.25) is 9.59 Å². The average Bonchev–Trinajstić information content (AvgIpc) is 2.68. The second kappa shape index (κ2) is 11.2. The van der Waals surface area contributed by atoms with Gasteiger partial charge in [-0.2, -0.15) is 0 Å². The van der Waals surface area contributed by atoms with Gasteiger partial charge in [-0.25, -0.2) is 0 Å². The molecule has 0 aliphatic carbocycles. The van der Waals surface area contributed by atoms with Crippen molar-refractivity contribution < 1.29 is 14.3 Å². The Morgan fingerprint density at radius 1 is 0.962 bits per heavy atom. The van der Waals surface area contributed by atoms with Crippen LogP contribution in [-0.4, -0.2) is 18.9 Å². The van der Waals surface area contributed by atoms with Gasteiger partial charge >= 0.3 is 5.97 Å². The lowest BCUT2D eigenvalue weighted by molar-refractivity contribution is -0.143. The summed E-state index contributed by atoms with van der Waals surface area (Å²) >= 11 is 0. The SMILES string of the molecule is CCOC(=O)CCCCCCCc1ccc(-c2ccccc2)c(C=O)c1. The quantitative estimate of drug-likeness (QED) is 0.300. The van der Waals surface area contributed by atoms with E-state index >= 15 is 0 Å². The highest BCUT2D eigenvalue weighted by Gasteiger charge is 2.06. The van der Waals surface area contributed by atoms with Crippen molar-refractivity contribution in [2.75, 3.05) is 6.61 Å². The van der Waals surface area contributed by atoms with Crippen LogP contribution in [0.5, 0.6) is 0 Å². The molecule has 2 rings (SSSR count). The predicted octanol–water partition coefficient (Wildman–Crippen LogP) is 5.61.